The van der Waals surface area contributed by atoms with Crippen LogP contribution in [0.4, 0.5) is 10.3 Å². The Hall–Kier alpha value is -6.36. The lowest BCUT2D eigenvalue weighted by Crippen LogP contribution is -2.44. The van der Waals surface area contributed by atoms with Gasteiger partial charge >= 0.3 is 23.9 Å². The van der Waals surface area contributed by atoms with Gasteiger partial charge in [0.2, 0.25) is 11.9 Å². The number of fused-ring (bicyclic) bond motifs is 1. The van der Waals surface area contributed by atoms with E-state index in [0.29, 0.717) is 49.4 Å². The van der Waals surface area contributed by atoms with E-state index < -0.39 is 30.2 Å². The second kappa shape index (κ2) is 24.0. The molecule has 0 aliphatic carbocycles. The highest BCUT2D eigenvalue weighted by atomic mass is 19.1. The number of methoxy groups -OCH3 is 2. The zero-order valence-corrected chi connectivity index (χ0v) is 29.6. The summed E-state index contributed by atoms with van der Waals surface area (Å²) in [7, 11) is 3.10. The van der Waals surface area contributed by atoms with Gasteiger partial charge in [-0.2, -0.15) is 5.26 Å². The van der Waals surface area contributed by atoms with Crippen LogP contribution in [0, 0.1) is 17.3 Å². The number of para-hydroxylation sites is 2. The summed E-state index contributed by atoms with van der Waals surface area (Å²) in [4.78, 5) is 49.8. The number of nitriles is 1. The van der Waals surface area contributed by atoms with Crippen LogP contribution in [0.3, 0.4) is 0 Å². The first-order valence-electron chi connectivity index (χ1n) is 16.3. The third-order valence-corrected chi connectivity index (χ3v) is 7.39. The monoisotopic (exact) mass is 754 g/mol. The number of rotatable bonds is 15. The molecule has 1 fully saturated rings. The number of aromatic nitrogens is 2. The predicted octanol–water partition coefficient (Wildman–Crippen LogP) is 2.16. The quantitative estimate of drug-likeness (QED) is 0.0293. The van der Waals surface area contributed by atoms with Crippen molar-refractivity contribution in [2.24, 2.45) is 4.99 Å². The molecule has 0 spiro atoms. The maximum atomic E-state index is 13.4. The van der Waals surface area contributed by atoms with E-state index in [1.807, 2.05) is 36.5 Å². The zero-order valence-electron chi connectivity index (χ0n) is 29.6. The van der Waals surface area contributed by atoms with Gasteiger partial charge in [0.15, 0.2) is 12.5 Å². The predicted molar refractivity (Wildman–Crippen MR) is 194 cm³/mol. The first-order chi connectivity index (χ1) is 25.8. The van der Waals surface area contributed by atoms with Crippen LogP contribution in [0.15, 0.2) is 77.8 Å². The number of aliphatic carboxylic acids is 4. The molecule has 54 heavy (non-hydrogen) atoms. The lowest BCUT2D eigenvalue weighted by molar-refractivity contribution is -0.134. The number of ether oxygens (including phenoxy) is 2. The van der Waals surface area contributed by atoms with Crippen LogP contribution in [0.25, 0.3) is 11.0 Å². The lowest BCUT2D eigenvalue weighted by atomic mass is 10.1. The summed E-state index contributed by atoms with van der Waals surface area (Å²) in [5.41, 5.74) is 3.01. The third-order valence-electron chi connectivity index (χ3n) is 7.39. The number of guanidine groups is 1. The molecule has 0 unspecified atom stereocenters. The third kappa shape index (κ3) is 17.2. The van der Waals surface area contributed by atoms with Gasteiger partial charge in [-0.1, -0.05) is 24.3 Å². The van der Waals surface area contributed by atoms with Gasteiger partial charge in [0.1, 0.15) is 5.82 Å². The molecule has 0 amide bonds. The molecule has 2 heterocycles. The van der Waals surface area contributed by atoms with E-state index in [9.17, 15) is 23.6 Å². The SMILES string of the molecule is COC(CN=C(NC#N)NCCN1CCC(Nc2nc3ccccc3n2Cc2ccc(F)cc2)CC1)OC.O=C(O)C=CC(=O)O.O=C(O)C=CC(=O)O. The van der Waals surface area contributed by atoms with Gasteiger partial charge in [0.05, 0.1) is 24.1 Å². The Kier molecular flexibility index (Phi) is 19.5. The second-order valence-electron chi connectivity index (χ2n) is 11.2. The summed E-state index contributed by atoms with van der Waals surface area (Å²) < 4.78 is 25.9. The van der Waals surface area contributed by atoms with Crippen molar-refractivity contribution in [3.05, 3.63) is 84.2 Å². The highest BCUT2D eigenvalue weighted by Gasteiger charge is 2.21. The fourth-order valence-electron chi connectivity index (χ4n) is 4.82. The highest BCUT2D eigenvalue weighted by Crippen LogP contribution is 2.24. The van der Waals surface area contributed by atoms with E-state index >= 15 is 0 Å². The summed E-state index contributed by atoms with van der Waals surface area (Å²) in [6.07, 6.45) is 5.65. The Bertz CT molecular complexity index is 1730. The molecule has 2 aromatic carbocycles. The molecule has 0 atom stereocenters. The number of carboxylic acid groups (broad SMARTS) is 4. The minimum absolute atomic E-state index is 0.236. The van der Waals surface area contributed by atoms with Crippen molar-refractivity contribution in [2.75, 3.05) is 52.3 Å². The summed E-state index contributed by atoms with van der Waals surface area (Å²) in [6.45, 7) is 4.29. The minimum Gasteiger partial charge on any atom is -0.478 e. The number of carboxylic acids is 4. The molecule has 1 aliphatic heterocycles. The Morgan fingerprint density at radius 2 is 1.50 bits per heavy atom. The van der Waals surface area contributed by atoms with Crippen molar-refractivity contribution in [3.8, 4) is 6.19 Å². The number of aliphatic imine (C=N–C) groups is 1. The van der Waals surface area contributed by atoms with Gasteiger partial charge in [0, 0.05) is 70.7 Å². The smallest absolute Gasteiger partial charge is 0.328 e. The van der Waals surface area contributed by atoms with Crippen LogP contribution in [-0.2, 0) is 35.2 Å². The Morgan fingerprint density at radius 3 is 2.02 bits per heavy atom. The molecule has 0 radical (unpaired) electrons. The molecule has 0 bridgehead atoms. The van der Waals surface area contributed by atoms with Gasteiger partial charge in [-0.15, -0.1) is 0 Å². The molecule has 290 valence electrons. The first-order valence-corrected chi connectivity index (χ1v) is 16.3. The number of hydrogen-bond acceptors (Lipinski definition) is 11. The minimum atomic E-state index is -1.26. The van der Waals surface area contributed by atoms with Crippen LogP contribution in [0.1, 0.15) is 18.4 Å². The first kappa shape index (κ1) is 43.8. The normalized spacial score (nSPS) is 13.4. The van der Waals surface area contributed by atoms with Gasteiger partial charge < -0.3 is 50.0 Å². The van der Waals surface area contributed by atoms with Crippen molar-refractivity contribution in [1.82, 2.24) is 25.1 Å². The summed E-state index contributed by atoms with van der Waals surface area (Å²) >= 11 is 0. The molecular weight excluding hydrogens is 711 g/mol. The summed E-state index contributed by atoms with van der Waals surface area (Å²) in [5.74, 6) is -4.02. The number of nitrogens with one attached hydrogen (secondary N) is 3. The van der Waals surface area contributed by atoms with Crippen LogP contribution in [-0.4, -0.2) is 124 Å². The van der Waals surface area contributed by atoms with Crippen molar-refractivity contribution < 1.29 is 53.5 Å². The highest BCUT2D eigenvalue weighted by molar-refractivity contribution is 5.90. The molecule has 3 aromatic rings. The molecule has 4 rings (SSSR count). The van der Waals surface area contributed by atoms with E-state index in [-0.39, 0.29) is 12.4 Å². The number of carbonyl (C=O) groups is 4. The summed E-state index contributed by atoms with van der Waals surface area (Å²) in [5, 5.41) is 49.7. The number of likely N-dealkylation sites (tertiary alicyclic amines) is 1. The molecule has 0 saturated carbocycles. The van der Waals surface area contributed by atoms with Crippen LogP contribution in [0.2, 0.25) is 0 Å². The number of anilines is 1. The topological polar surface area (TPSA) is 261 Å². The number of benzene rings is 2. The number of halogens is 1. The maximum Gasteiger partial charge on any atom is 0.328 e. The van der Waals surface area contributed by atoms with E-state index in [0.717, 1.165) is 55.0 Å². The Balaban J connectivity index is 0.000000526. The molecule has 7 N–H and O–H groups in total. The molecule has 1 saturated heterocycles. The Labute approximate surface area is 309 Å². The average Bonchev–Trinajstić information content (AvgIpc) is 3.48. The fourth-order valence-corrected chi connectivity index (χ4v) is 4.82. The van der Waals surface area contributed by atoms with Gasteiger partial charge in [-0.3, -0.25) is 5.32 Å². The number of hydrogen-bond donors (Lipinski definition) is 7. The van der Waals surface area contributed by atoms with Crippen LogP contribution >= 0.6 is 0 Å². The van der Waals surface area contributed by atoms with E-state index in [2.05, 4.69) is 36.5 Å². The molecular formula is C35H43FN8O10. The van der Waals surface area contributed by atoms with Crippen molar-refractivity contribution >= 4 is 46.8 Å². The van der Waals surface area contributed by atoms with E-state index in [1.54, 1.807) is 14.2 Å². The summed E-state index contributed by atoms with van der Waals surface area (Å²) in [6, 6.07) is 15.0. The zero-order chi connectivity index (χ0) is 39.9. The molecule has 1 aliphatic rings. The van der Waals surface area contributed by atoms with Gasteiger partial charge in [-0.25, -0.2) is 33.5 Å². The van der Waals surface area contributed by atoms with E-state index in [4.69, 9.17) is 40.1 Å². The van der Waals surface area contributed by atoms with Gasteiger partial charge in [0.25, 0.3) is 0 Å². The molecule has 19 heteroatoms. The van der Waals surface area contributed by atoms with Crippen molar-refractivity contribution in [1.29, 1.82) is 5.26 Å². The fraction of sp³-hybridized carbons (Fsp3) is 0.343. The van der Waals surface area contributed by atoms with Crippen molar-refractivity contribution in [3.63, 3.8) is 0 Å². The second-order valence-corrected chi connectivity index (χ2v) is 11.2. The van der Waals surface area contributed by atoms with E-state index in [1.165, 1.54) is 12.1 Å². The molecule has 18 nitrogen and oxygen atoms in total. The largest absolute Gasteiger partial charge is 0.478 e. The lowest BCUT2D eigenvalue weighted by Gasteiger charge is -2.32. The van der Waals surface area contributed by atoms with Crippen molar-refractivity contribution in [2.45, 2.75) is 31.7 Å². The molecule has 1 aromatic heterocycles. The Morgan fingerprint density at radius 1 is 0.944 bits per heavy atom. The average molecular weight is 755 g/mol. The van der Waals surface area contributed by atoms with Gasteiger partial charge in [-0.05, 0) is 42.7 Å². The number of imidazole rings is 1. The standard InChI is InChI=1S/C27H35FN8O2.2C4H4O4/c1-37-25(38-2)17-31-26(32-19-29)30-13-16-35-14-11-22(12-15-35)33-27-34-23-5-3-4-6-24(23)36(27)18-20-7-9-21(28)10-8-20;2*5-3(6)1-2-4(7)8/h3-10,22,25H,11-18H2,1-2H3,(H,33,34)(H2,30,31,32);2*1-2H,(H,5,6)(H,7,8). The maximum absolute atomic E-state index is 13.4. The number of piperidine rings is 1. The van der Waals surface area contributed by atoms with Crippen LogP contribution in [0.5, 0.6) is 0 Å². The van der Waals surface area contributed by atoms with Crippen LogP contribution < -0.4 is 16.0 Å². The number of nitrogens with zero attached hydrogens (tertiary/aromatic N) is 5.